The first-order valence-corrected chi connectivity index (χ1v) is 7.48. The van der Waals surface area contributed by atoms with E-state index in [4.69, 9.17) is 16.3 Å². The monoisotopic (exact) mass is 296 g/mol. The van der Waals surface area contributed by atoms with Crippen LogP contribution in [0.1, 0.15) is 31.7 Å². The summed E-state index contributed by atoms with van der Waals surface area (Å²) in [6.07, 6.45) is 2.83. The lowest BCUT2D eigenvalue weighted by atomic mass is 10.2. The lowest BCUT2D eigenvalue weighted by molar-refractivity contribution is -0.121. The summed E-state index contributed by atoms with van der Waals surface area (Å²) in [5, 5.41) is 6.78. The predicted molar refractivity (Wildman–Crippen MR) is 80.1 cm³/mol. The number of hydrogen-bond acceptors (Lipinski definition) is 3. The minimum Gasteiger partial charge on any atom is -0.491 e. The van der Waals surface area contributed by atoms with Gasteiger partial charge in [-0.3, -0.25) is 4.79 Å². The summed E-state index contributed by atoms with van der Waals surface area (Å²) in [5.74, 6) is 0.684. The Labute approximate surface area is 124 Å². The fraction of sp³-hybridized carbons (Fsp3) is 0.533. The highest BCUT2D eigenvalue weighted by Gasteiger charge is 2.21. The average Bonchev–Trinajstić information content (AvgIpc) is 3.23. The molecule has 0 spiro atoms. The van der Waals surface area contributed by atoms with E-state index in [9.17, 15) is 4.79 Å². The van der Waals surface area contributed by atoms with Crippen LogP contribution in [-0.4, -0.2) is 25.1 Å². The van der Waals surface area contributed by atoms with Crippen molar-refractivity contribution in [2.75, 3.05) is 13.2 Å². The molecule has 0 aromatic heterocycles. The topological polar surface area (TPSA) is 50.4 Å². The molecule has 1 amide bonds. The molecule has 2 N–H and O–H groups in total. The Bertz CT molecular complexity index is 461. The van der Waals surface area contributed by atoms with E-state index in [1.54, 1.807) is 0 Å². The first-order chi connectivity index (χ1) is 9.70. The molecular weight excluding hydrogens is 276 g/mol. The highest BCUT2D eigenvalue weighted by atomic mass is 35.5. The number of nitrogens with one attached hydrogen (secondary N) is 2. The average molecular weight is 297 g/mol. The van der Waals surface area contributed by atoms with Gasteiger partial charge in [-0.05, 0) is 25.8 Å². The van der Waals surface area contributed by atoms with Gasteiger partial charge in [0.25, 0.3) is 0 Å². The van der Waals surface area contributed by atoms with E-state index in [1.165, 1.54) is 12.8 Å². The van der Waals surface area contributed by atoms with Crippen molar-refractivity contribution < 1.29 is 9.53 Å². The number of carbonyl (C=O) groups is 1. The van der Waals surface area contributed by atoms with Crippen LogP contribution < -0.4 is 15.4 Å². The van der Waals surface area contributed by atoms with Crippen molar-refractivity contribution in [1.82, 2.24) is 10.6 Å². The number of halogens is 1. The van der Waals surface area contributed by atoms with Gasteiger partial charge in [0.15, 0.2) is 0 Å². The van der Waals surface area contributed by atoms with Crippen molar-refractivity contribution in [1.29, 1.82) is 0 Å². The van der Waals surface area contributed by atoms with Crippen LogP contribution >= 0.6 is 11.6 Å². The second-order valence-corrected chi connectivity index (χ2v) is 5.34. The first kappa shape index (κ1) is 15.1. The van der Waals surface area contributed by atoms with Crippen LogP contribution in [0.25, 0.3) is 0 Å². The molecule has 2 rings (SSSR count). The van der Waals surface area contributed by atoms with Crippen LogP contribution in [0.4, 0.5) is 0 Å². The number of carbonyl (C=O) groups excluding carboxylic acids is 1. The van der Waals surface area contributed by atoms with Gasteiger partial charge in [-0.1, -0.05) is 23.7 Å². The third-order valence-corrected chi connectivity index (χ3v) is 3.45. The zero-order valence-corrected chi connectivity index (χ0v) is 12.5. The standard InChI is InChI=1S/C15H21ClN2O2/c1-2-17-14(19)8-9-20-15-11(4-3-5-13(15)16)10-18-12-6-7-12/h3-5,12,18H,2,6-10H2,1H3,(H,17,19). The number of amides is 1. The molecule has 1 aliphatic carbocycles. The van der Waals surface area contributed by atoms with Crippen molar-refractivity contribution in [2.45, 2.75) is 38.8 Å². The lowest BCUT2D eigenvalue weighted by Crippen LogP contribution is -2.24. The minimum absolute atomic E-state index is 0.00258. The summed E-state index contributed by atoms with van der Waals surface area (Å²) in [7, 11) is 0. The Morgan fingerprint density at radius 1 is 1.45 bits per heavy atom. The fourth-order valence-electron chi connectivity index (χ4n) is 1.93. The molecule has 0 heterocycles. The molecule has 4 nitrogen and oxygen atoms in total. The van der Waals surface area contributed by atoms with E-state index < -0.39 is 0 Å². The van der Waals surface area contributed by atoms with Crippen LogP contribution in [0.5, 0.6) is 5.75 Å². The summed E-state index contributed by atoms with van der Waals surface area (Å²) >= 11 is 6.18. The molecule has 5 heteroatoms. The molecule has 1 aromatic carbocycles. The molecule has 1 aliphatic rings. The third-order valence-electron chi connectivity index (χ3n) is 3.16. The van der Waals surface area contributed by atoms with Gasteiger partial charge in [0.1, 0.15) is 5.75 Å². The lowest BCUT2D eigenvalue weighted by Gasteiger charge is -2.13. The van der Waals surface area contributed by atoms with Gasteiger partial charge in [-0.25, -0.2) is 0 Å². The molecule has 0 bridgehead atoms. The maximum atomic E-state index is 11.4. The van der Waals surface area contributed by atoms with E-state index >= 15 is 0 Å². The molecule has 0 unspecified atom stereocenters. The van der Waals surface area contributed by atoms with Gasteiger partial charge in [-0.2, -0.15) is 0 Å². The van der Waals surface area contributed by atoms with Crippen molar-refractivity contribution in [3.05, 3.63) is 28.8 Å². The quantitative estimate of drug-likeness (QED) is 0.775. The molecule has 0 saturated heterocycles. The molecule has 1 aromatic rings. The zero-order chi connectivity index (χ0) is 14.4. The van der Waals surface area contributed by atoms with Crippen molar-refractivity contribution in [3.8, 4) is 5.75 Å². The van der Waals surface area contributed by atoms with E-state index in [-0.39, 0.29) is 5.91 Å². The Morgan fingerprint density at radius 3 is 2.95 bits per heavy atom. The summed E-state index contributed by atoms with van der Waals surface area (Å²) in [6.45, 7) is 3.63. The molecule has 0 aliphatic heterocycles. The number of rotatable bonds is 8. The molecule has 20 heavy (non-hydrogen) atoms. The number of hydrogen-bond donors (Lipinski definition) is 2. The second kappa shape index (κ2) is 7.50. The second-order valence-electron chi connectivity index (χ2n) is 4.94. The van der Waals surface area contributed by atoms with Gasteiger partial charge >= 0.3 is 0 Å². The van der Waals surface area contributed by atoms with Gasteiger partial charge in [-0.15, -0.1) is 0 Å². The summed E-state index contributed by atoms with van der Waals surface area (Å²) < 4.78 is 5.70. The van der Waals surface area contributed by atoms with Gasteiger partial charge in [0.05, 0.1) is 18.1 Å². The Morgan fingerprint density at radius 2 is 2.25 bits per heavy atom. The van der Waals surface area contributed by atoms with E-state index in [1.807, 2.05) is 25.1 Å². The van der Waals surface area contributed by atoms with Crippen LogP contribution in [0.15, 0.2) is 18.2 Å². The number of ether oxygens (including phenoxy) is 1. The summed E-state index contributed by atoms with van der Waals surface area (Å²) in [5.41, 5.74) is 1.04. The maximum Gasteiger partial charge on any atom is 0.223 e. The van der Waals surface area contributed by atoms with E-state index in [0.29, 0.717) is 36.4 Å². The van der Waals surface area contributed by atoms with Crippen LogP contribution in [-0.2, 0) is 11.3 Å². The largest absolute Gasteiger partial charge is 0.491 e. The van der Waals surface area contributed by atoms with Crippen LogP contribution in [0.3, 0.4) is 0 Å². The Kier molecular flexibility index (Phi) is 5.68. The maximum absolute atomic E-state index is 11.4. The summed E-state index contributed by atoms with van der Waals surface area (Å²) in [4.78, 5) is 11.4. The number of benzene rings is 1. The molecule has 110 valence electrons. The molecule has 1 fully saturated rings. The highest BCUT2D eigenvalue weighted by molar-refractivity contribution is 6.32. The molecule has 0 radical (unpaired) electrons. The third kappa shape index (κ3) is 4.69. The van der Waals surface area contributed by atoms with Crippen molar-refractivity contribution in [3.63, 3.8) is 0 Å². The SMILES string of the molecule is CCNC(=O)CCOc1c(Cl)cccc1CNC1CC1. The molecule has 1 saturated carbocycles. The van der Waals surface area contributed by atoms with Crippen molar-refractivity contribution >= 4 is 17.5 Å². The van der Waals surface area contributed by atoms with Gasteiger partial charge in [0.2, 0.25) is 5.91 Å². The number of para-hydroxylation sites is 1. The fourth-order valence-corrected chi connectivity index (χ4v) is 2.18. The highest BCUT2D eigenvalue weighted by Crippen LogP contribution is 2.29. The van der Waals surface area contributed by atoms with E-state index in [0.717, 1.165) is 12.1 Å². The van der Waals surface area contributed by atoms with Crippen LogP contribution in [0.2, 0.25) is 5.02 Å². The Balaban J connectivity index is 1.88. The first-order valence-electron chi connectivity index (χ1n) is 7.11. The van der Waals surface area contributed by atoms with E-state index in [2.05, 4.69) is 10.6 Å². The predicted octanol–water partition coefficient (Wildman–Crippen LogP) is 2.50. The minimum atomic E-state index is -0.00258. The molecular formula is C15H21ClN2O2. The van der Waals surface area contributed by atoms with Crippen molar-refractivity contribution in [2.24, 2.45) is 0 Å². The van der Waals surface area contributed by atoms with Gasteiger partial charge < -0.3 is 15.4 Å². The molecule has 0 atom stereocenters. The van der Waals surface area contributed by atoms with Gasteiger partial charge in [0, 0.05) is 24.7 Å². The normalized spacial score (nSPS) is 14.1. The Hall–Kier alpha value is -1.26. The zero-order valence-electron chi connectivity index (χ0n) is 11.7. The summed E-state index contributed by atoms with van der Waals surface area (Å²) in [6, 6.07) is 6.37. The smallest absolute Gasteiger partial charge is 0.223 e. The van der Waals surface area contributed by atoms with Crippen LogP contribution in [0, 0.1) is 0 Å².